The molecule has 0 saturated heterocycles. The number of benzene rings is 1. The number of carbonyl (C=O) groups excluding carboxylic acids is 1. The average molecular weight is 273 g/mol. The molecule has 5 nitrogen and oxygen atoms in total. The van der Waals surface area contributed by atoms with E-state index in [0.717, 1.165) is 25.7 Å². The van der Waals surface area contributed by atoms with E-state index in [-0.39, 0.29) is 18.1 Å². The van der Waals surface area contributed by atoms with E-state index in [2.05, 4.69) is 10.6 Å². The molecule has 0 heterocycles. The van der Waals surface area contributed by atoms with Gasteiger partial charge in [0, 0.05) is 18.2 Å². The number of urea groups is 1. The minimum Gasteiger partial charge on any atom is -0.393 e. The first-order valence-corrected chi connectivity index (χ1v) is 6.92. The SMILES string of the molecule is N#Cc1cccc(NC(=O)NCC2CCCCC2O)c1. The van der Waals surface area contributed by atoms with Crippen molar-refractivity contribution in [3.63, 3.8) is 0 Å². The third-order valence-corrected chi connectivity index (χ3v) is 3.64. The normalized spacial score (nSPS) is 21.8. The van der Waals surface area contributed by atoms with Crippen LogP contribution in [0.15, 0.2) is 24.3 Å². The van der Waals surface area contributed by atoms with E-state index in [1.807, 2.05) is 6.07 Å². The van der Waals surface area contributed by atoms with Crippen molar-refractivity contribution in [1.82, 2.24) is 5.32 Å². The van der Waals surface area contributed by atoms with E-state index in [9.17, 15) is 9.90 Å². The van der Waals surface area contributed by atoms with Gasteiger partial charge in [0.25, 0.3) is 0 Å². The summed E-state index contributed by atoms with van der Waals surface area (Å²) in [5.41, 5.74) is 1.09. The van der Waals surface area contributed by atoms with Crippen molar-refractivity contribution in [3.8, 4) is 6.07 Å². The lowest BCUT2D eigenvalue weighted by Gasteiger charge is -2.27. The van der Waals surface area contributed by atoms with Crippen LogP contribution in [-0.4, -0.2) is 23.8 Å². The van der Waals surface area contributed by atoms with Crippen LogP contribution in [0.1, 0.15) is 31.2 Å². The monoisotopic (exact) mass is 273 g/mol. The number of aliphatic hydroxyl groups excluding tert-OH is 1. The Labute approximate surface area is 118 Å². The summed E-state index contributed by atoms with van der Waals surface area (Å²) in [6.45, 7) is 0.477. The van der Waals surface area contributed by atoms with Gasteiger partial charge in [-0.1, -0.05) is 18.9 Å². The molecular formula is C15H19N3O2. The topological polar surface area (TPSA) is 85.2 Å². The van der Waals surface area contributed by atoms with Crippen LogP contribution in [0.2, 0.25) is 0 Å². The van der Waals surface area contributed by atoms with Crippen LogP contribution in [0.25, 0.3) is 0 Å². The molecule has 2 atom stereocenters. The number of amides is 2. The van der Waals surface area contributed by atoms with Gasteiger partial charge < -0.3 is 15.7 Å². The number of nitriles is 1. The van der Waals surface area contributed by atoms with Gasteiger partial charge in [0.2, 0.25) is 0 Å². The highest BCUT2D eigenvalue weighted by atomic mass is 16.3. The summed E-state index contributed by atoms with van der Waals surface area (Å²) in [5, 5.41) is 24.1. The number of rotatable bonds is 3. The van der Waals surface area contributed by atoms with Crippen LogP contribution in [-0.2, 0) is 0 Å². The lowest BCUT2D eigenvalue weighted by molar-refractivity contribution is 0.0712. The van der Waals surface area contributed by atoms with Crippen LogP contribution in [0.5, 0.6) is 0 Å². The molecule has 2 rings (SSSR count). The van der Waals surface area contributed by atoms with Crippen molar-refractivity contribution in [2.75, 3.05) is 11.9 Å². The van der Waals surface area contributed by atoms with Crippen molar-refractivity contribution < 1.29 is 9.90 Å². The van der Waals surface area contributed by atoms with E-state index in [0.29, 0.717) is 17.8 Å². The molecule has 1 aliphatic carbocycles. The maximum absolute atomic E-state index is 11.8. The molecule has 2 unspecified atom stereocenters. The van der Waals surface area contributed by atoms with Crippen LogP contribution in [0.3, 0.4) is 0 Å². The smallest absolute Gasteiger partial charge is 0.319 e. The van der Waals surface area contributed by atoms with Gasteiger partial charge in [-0.25, -0.2) is 4.79 Å². The Kier molecular flexibility index (Phi) is 4.97. The maximum Gasteiger partial charge on any atom is 0.319 e. The molecule has 0 spiro atoms. The summed E-state index contributed by atoms with van der Waals surface area (Å²) in [6.07, 6.45) is 3.62. The van der Waals surface area contributed by atoms with Gasteiger partial charge in [0.1, 0.15) is 0 Å². The Morgan fingerprint density at radius 2 is 2.20 bits per heavy atom. The number of nitrogens with one attached hydrogen (secondary N) is 2. The van der Waals surface area contributed by atoms with Gasteiger partial charge >= 0.3 is 6.03 Å². The second kappa shape index (κ2) is 6.92. The molecular weight excluding hydrogens is 254 g/mol. The standard InChI is InChI=1S/C15H19N3O2/c16-9-11-4-3-6-13(8-11)18-15(20)17-10-12-5-1-2-7-14(12)19/h3-4,6,8,12,14,19H,1-2,5,7,10H2,(H2,17,18,20). The van der Waals surface area contributed by atoms with Crippen molar-refractivity contribution in [3.05, 3.63) is 29.8 Å². The molecule has 1 aromatic carbocycles. The molecule has 106 valence electrons. The van der Waals surface area contributed by atoms with E-state index in [1.54, 1.807) is 24.3 Å². The number of hydrogen-bond donors (Lipinski definition) is 3. The average Bonchev–Trinajstić information content (AvgIpc) is 2.46. The molecule has 0 aromatic heterocycles. The first kappa shape index (κ1) is 14.4. The van der Waals surface area contributed by atoms with Gasteiger partial charge in [-0.2, -0.15) is 5.26 Å². The minimum atomic E-state index is -0.314. The second-order valence-electron chi connectivity index (χ2n) is 5.14. The Morgan fingerprint density at radius 3 is 2.95 bits per heavy atom. The summed E-state index contributed by atoms with van der Waals surface area (Å²) >= 11 is 0. The van der Waals surface area contributed by atoms with Gasteiger partial charge in [0.15, 0.2) is 0 Å². The fourth-order valence-electron chi connectivity index (χ4n) is 2.49. The van der Waals surface area contributed by atoms with Gasteiger partial charge in [-0.15, -0.1) is 0 Å². The second-order valence-corrected chi connectivity index (χ2v) is 5.14. The molecule has 0 bridgehead atoms. The molecule has 2 amide bonds. The molecule has 3 N–H and O–H groups in total. The molecule has 1 saturated carbocycles. The molecule has 1 aromatic rings. The zero-order valence-corrected chi connectivity index (χ0v) is 11.3. The van der Waals surface area contributed by atoms with Crippen molar-refractivity contribution in [2.24, 2.45) is 5.92 Å². The quantitative estimate of drug-likeness (QED) is 0.789. The third-order valence-electron chi connectivity index (χ3n) is 3.64. The highest BCUT2D eigenvalue weighted by molar-refractivity contribution is 5.89. The highest BCUT2D eigenvalue weighted by Gasteiger charge is 2.23. The zero-order valence-electron chi connectivity index (χ0n) is 11.3. The van der Waals surface area contributed by atoms with E-state index in [1.165, 1.54) is 0 Å². The third kappa shape index (κ3) is 3.97. The molecule has 20 heavy (non-hydrogen) atoms. The number of carbonyl (C=O) groups is 1. The fourth-order valence-corrected chi connectivity index (χ4v) is 2.49. The Hall–Kier alpha value is -2.06. The lowest BCUT2D eigenvalue weighted by Crippen LogP contribution is -2.38. The first-order chi connectivity index (χ1) is 9.69. The van der Waals surface area contributed by atoms with Crippen LogP contribution < -0.4 is 10.6 Å². The number of nitrogens with zero attached hydrogens (tertiary/aromatic N) is 1. The van der Waals surface area contributed by atoms with E-state index >= 15 is 0 Å². The lowest BCUT2D eigenvalue weighted by atomic mass is 9.86. The van der Waals surface area contributed by atoms with Crippen LogP contribution in [0, 0.1) is 17.2 Å². The number of hydrogen-bond acceptors (Lipinski definition) is 3. The van der Waals surface area contributed by atoms with Crippen LogP contribution in [0.4, 0.5) is 10.5 Å². The maximum atomic E-state index is 11.8. The predicted molar refractivity (Wildman–Crippen MR) is 76.1 cm³/mol. The van der Waals surface area contributed by atoms with Crippen molar-refractivity contribution in [2.45, 2.75) is 31.8 Å². The van der Waals surface area contributed by atoms with E-state index in [4.69, 9.17) is 5.26 Å². The summed E-state index contributed by atoms with van der Waals surface area (Å²) in [7, 11) is 0. The Bertz CT molecular complexity index is 510. The Morgan fingerprint density at radius 1 is 1.40 bits per heavy atom. The molecule has 0 aliphatic heterocycles. The fraction of sp³-hybridized carbons (Fsp3) is 0.467. The van der Waals surface area contributed by atoms with Crippen molar-refractivity contribution >= 4 is 11.7 Å². The van der Waals surface area contributed by atoms with E-state index < -0.39 is 0 Å². The highest BCUT2D eigenvalue weighted by Crippen LogP contribution is 2.23. The van der Waals surface area contributed by atoms with Crippen molar-refractivity contribution in [1.29, 1.82) is 5.26 Å². The molecule has 1 aliphatic rings. The van der Waals surface area contributed by atoms with Crippen LogP contribution >= 0.6 is 0 Å². The summed E-state index contributed by atoms with van der Waals surface area (Å²) < 4.78 is 0. The zero-order chi connectivity index (χ0) is 14.4. The minimum absolute atomic E-state index is 0.139. The number of aliphatic hydroxyl groups is 1. The van der Waals surface area contributed by atoms with Gasteiger partial charge in [-0.3, -0.25) is 0 Å². The molecule has 5 heteroatoms. The Balaban J connectivity index is 1.81. The molecule has 1 fully saturated rings. The predicted octanol–water partition coefficient (Wildman–Crippen LogP) is 2.23. The largest absolute Gasteiger partial charge is 0.393 e. The van der Waals surface area contributed by atoms with Gasteiger partial charge in [-0.05, 0) is 31.0 Å². The number of anilines is 1. The summed E-state index contributed by atoms with van der Waals surface area (Å²) in [6, 6.07) is 8.47. The first-order valence-electron chi connectivity index (χ1n) is 6.92. The van der Waals surface area contributed by atoms with Gasteiger partial charge in [0.05, 0.1) is 17.7 Å². The molecule has 0 radical (unpaired) electrons. The summed E-state index contributed by atoms with van der Waals surface area (Å²) in [5.74, 6) is 0.139. The summed E-state index contributed by atoms with van der Waals surface area (Å²) in [4.78, 5) is 11.8.